The Bertz CT molecular complexity index is 1510. The van der Waals surface area contributed by atoms with Gasteiger partial charge in [0.1, 0.15) is 0 Å². The number of carbonyl (C=O) groups excluding carboxylic acids is 1. The molecule has 0 atom stereocenters. The van der Waals surface area contributed by atoms with Crippen LogP contribution in [0.15, 0.2) is 60.8 Å². The molecule has 0 spiro atoms. The van der Waals surface area contributed by atoms with Crippen LogP contribution in [0.25, 0.3) is 33.4 Å². The summed E-state index contributed by atoms with van der Waals surface area (Å²) in [6.45, 7) is 10.00. The van der Waals surface area contributed by atoms with Gasteiger partial charge in [0.2, 0.25) is 0 Å². The minimum absolute atomic E-state index is 0.0622. The number of fused-ring (bicyclic) bond motifs is 1. The predicted molar refractivity (Wildman–Crippen MR) is 159 cm³/mol. The molecule has 2 saturated heterocycles. The van der Waals surface area contributed by atoms with E-state index in [1.165, 1.54) is 22.6 Å². The fraction of sp³-hybridized carbons (Fsp3) is 0.344. The molecule has 3 aromatic carbocycles. The van der Waals surface area contributed by atoms with Gasteiger partial charge in [-0.15, -0.1) is 0 Å². The number of para-hydroxylation sites is 1. The van der Waals surface area contributed by atoms with Crippen LogP contribution in [-0.2, 0) is 11.3 Å². The number of thioether (sulfide) groups is 1. The largest absolute Gasteiger partial charge is 0.378 e. The summed E-state index contributed by atoms with van der Waals surface area (Å²) in [5, 5.41) is 0. The molecule has 0 aliphatic carbocycles. The molecule has 2 aliphatic heterocycles. The van der Waals surface area contributed by atoms with E-state index in [0.29, 0.717) is 26.3 Å². The van der Waals surface area contributed by atoms with Crippen molar-refractivity contribution in [3.05, 3.63) is 83.0 Å². The molecule has 4 aromatic rings. The third kappa shape index (κ3) is 5.57. The first-order chi connectivity index (χ1) is 19.1. The van der Waals surface area contributed by atoms with Crippen molar-refractivity contribution in [3.63, 3.8) is 0 Å². The van der Waals surface area contributed by atoms with Crippen molar-refractivity contribution < 1.29 is 9.53 Å². The van der Waals surface area contributed by atoms with Gasteiger partial charge < -0.3 is 9.64 Å². The Morgan fingerprint density at radius 3 is 2.46 bits per heavy atom. The number of ether oxygens (including phenoxy) is 1. The average molecular weight is 539 g/mol. The van der Waals surface area contributed by atoms with Gasteiger partial charge in [-0.3, -0.25) is 14.7 Å². The second-order valence-electron chi connectivity index (χ2n) is 10.4. The van der Waals surface area contributed by atoms with Gasteiger partial charge in [-0.2, -0.15) is 11.8 Å². The van der Waals surface area contributed by atoms with Crippen molar-refractivity contribution >= 4 is 28.7 Å². The molecule has 200 valence electrons. The zero-order valence-corrected chi connectivity index (χ0v) is 23.5. The van der Waals surface area contributed by atoms with Crippen LogP contribution in [0.5, 0.6) is 0 Å². The molecule has 0 saturated carbocycles. The first kappa shape index (κ1) is 26.0. The molecule has 7 heteroatoms. The average Bonchev–Trinajstić information content (AvgIpc) is 2.98. The summed E-state index contributed by atoms with van der Waals surface area (Å²) in [6.07, 6.45) is 1.83. The minimum atomic E-state index is 0.0622. The van der Waals surface area contributed by atoms with E-state index in [9.17, 15) is 4.79 Å². The molecule has 0 N–H and O–H groups in total. The van der Waals surface area contributed by atoms with Crippen LogP contribution in [0.1, 0.15) is 27.0 Å². The number of hydrogen-bond acceptors (Lipinski definition) is 6. The zero-order chi connectivity index (χ0) is 26.8. The van der Waals surface area contributed by atoms with E-state index in [0.717, 1.165) is 64.2 Å². The Hall–Kier alpha value is -3.26. The Kier molecular flexibility index (Phi) is 7.64. The molecule has 2 fully saturated rings. The molecule has 3 heterocycles. The van der Waals surface area contributed by atoms with Crippen LogP contribution in [0.3, 0.4) is 0 Å². The van der Waals surface area contributed by atoms with Crippen LogP contribution in [-0.4, -0.2) is 76.6 Å². The lowest BCUT2D eigenvalue weighted by Gasteiger charge is -2.27. The number of benzene rings is 3. The number of nitrogens with zero attached hydrogens (tertiary/aromatic N) is 4. The lowest BCUT2D eigenvalue weighted by atomic mass is 9.98. The summed E-state index contributed by atoms with van der Waals surface area (Å²) >= 11 is 2.05. The Morgan fingerprint density at radius 2 is 1.69 bits per heavy atom. The van der Waals surface area contributed by atoms with E-state index < -0.39 is 0 Å². The van der Waals surface area contributed by atoms with Gasteiger partial charge in [-0.25, -0.2) is 4.98 Å². The van der Waals surface area contributed by atoms with Gasteiger partial charge in [0, 0.05) is 60.9 Å². The zero-order valence-electron chi connectivity index (χ0n) is 22.7. The molecule has 0 radical (unpaired) electrons. The van der Waals surface area contributed by atoms with Gasteiger partial charge in [-0.1, -0.05) is 36.4 Å². The molecular formula is C32H34N4O2S. The van der Waals surface area contributed by atoms with Gasteiger partial charge >= 0.3 is 0 Å². The maximum atomic E-state index is 13.0. The number of aryl methyl sites for hydroxylation is 2. The number of rotatable bonds is 5. The van der Waals surface area contributed by atoms with Crippen molar-refractivity contribution in [1.29, 1.82) is 0 Å². The Balaban J connectivity index is 1.29. The molecule has 0 bridgehead atoms. The number of carbonyl (C=O) groups is 1. The summed E-state index contributed by atoms with van der Waals surface area (Å²) in [4.78, 5) is 27.3. The van der Waals surface area contributed by atoms with Crippen molar-refractivity contribution in [1.82, 2.24) is 19.8 Å². The topological polar surface area (TPSA) is 58.6 Å². The fourth-order valence-electron chi connectivity index (χ4n) is 5.45. The van der Waals surface area contributed by atoms with E-state index in [2.05, 4.69) is 42.2 Å². The van der Waals surface area contributed by atoms with Crippen LogP contribution < -0.4 is 0 Å². The predicted octanol–water partition coefficient (Wildman–Crippen LogP) is 5.60. The SMILES string of the molecule is Cc1cc(-c2cccc3ncc(-c4ccc(C(=O)N5CCOCC5)c(C)c4)nc23)ccc1CN1CCSCC1. The van der Waals surface area contributed by atoms with Crippen molar-refractivity contribution in [2.45, 2.75) is 20.4 Å². The van der Waals surface area contributed by atoms with Gasteiger partial charge in [0.05, 0.1) is 36.1 Å². The van der Waals surface area contributed by atoms with Crippen LogP contribution in [0.4, 0.5) is 0 Å². The van der Waals surface area contributed by atoms with Crippen molar-refractivity contribution in [3.8, 4) is 22.4 Å². The lowest BCUT2D eigenvalue weighted by molar-refractivity contribution is 0.0302. The van der Waals surface area contributed by atoms with Crippen LogP contribution in [0, 0.1) is 13.8 Å². The van der Waals surface area contributed by atoms with Gasteiger partial charge in [0.25, 0.3) is 5.91 Å². The highest BCUT2D eigenvalue weighted by Crippen LogP contribution is 2.31. The molecule has 2 aliphatic rings. The summed E-state index contributed by atoms with van der Waals surface area (Å²) in [5.41, 5.74) is 10.1. The maximum absolute atomic E-state index is 13.0. The smallest absolute Gasteiger partial charge is 0.254 e. The second kappa shape index (κ2) is 11.5. The monoisotopic (exact) mass is 538 g/mol. The highest BCUT2D eigenvalue weighted by molar-refractivity contribution is 7.99. The standard InChI is InChI=1S/C32H34N4O2S/c1-22-18-24(6-7-26(22)21-35-12-16-39-17-13-35)28-4-3-5-29-31(28)34-30(20-33-29)25-8-9-27(23(2)19-25)32(37)36-10-14-38-15-11-36/h3-9,18-20H,10-17,21H2,1-2H3. The van der Waals surface area contributed by atoms with E-state index in [-0.39, 0.29) is 5.91 Å². The molecule has 1 aromatic heterocycles. The minimum Gasteiger partial charge on any atom is -0.378 e. The first-order valence-electron chi connectivity index (χ1n) is 13.7. The quantitative estimate of drug-likeness (QED) is 0.330. The number of hydrogen-bond donors (Lipinski definition) is 0. The molecule has 0 unspecified atom stereocenters. The van der Waals surface area contributed by atoms with E-state index in [1.807, 2.05) is 54.0 Å². The summed E-state index contributed by atoms with van der Waals surface area (Å²) in [5.74, 6) is 2.51. The number of aromatic nitrogens is 2. The van der Waals surface area contributed by atoms with Gasteiger partial charge in [-0.05, 0) is 54.3 Å². The lowest BCUT2D eigenvalue weighted by Crippen LogP contribution is -2.40. The molecule has 6 nitrogen and oxygen atoms in total. The summed E-state index contributed by atoms with van der Waals surface area (Å²) in [6, 6.07) is 18.9. The molecule has 1 amide bonds. The highest BCUT2D eigenvalue weighted by Gasteiger charge is 2.20. The first-order valence-corrected chi connectivity index (χ1v) is 14.9. The fourth-order valence-corrected chi connectivity index (χ4v) is 6.42. The summed E-state index contributed by atoms with van der Waals surface area (Å²) < 4.78 is 5.40. The van der Waals surface area contributed by atoms with Crippen molar-refractivity contribution in [2.24, 2.45) is 0 Å². The normalized spacial score (nSPS) is 16.5. The van der Waals surface area contributed by atoms with E-state index in [4.69, 9.17) is 14.7 Å². The number of morpholine rings is 1. The summed E-state index contributed by atoms with van der Waals surface area (Å²) in [7, 11) is 0. The van der Waals surface area contributed by atoms with Crippen LogP contribution >= 0.6 is 11.8 Å². The third-order valence-electron chi connectivity index (χ3n) is 7.78. The Morgan fingerprint density at radius 1 is 0.923 bits per heavy atom. The second-order valence-corrected chi connectivity index (χ2v) is 11.6. The molecular weight excluding hydrogens is 504 g/mol. The van der Waals surface area contributed by atoms with E-state index >= 15 is 0 Å². The number of amides is 1. The van der Waals surface area contributed by atoms with Crippen LogP contribution in [0.2, 0.25) is 0 Å². The van der Waals surface area contributed by atoms with Gasteiger partial charge in [0.15, 0.2) is 0 Å². The maximum Gasteiger partial charge on any atom is 0.254 e. The van der Waals surface area contributed by atoms with E-state index in [1.54, 1.807) is 0 Å². The highest BCUT2D eigenvalue weighted by atomic mass is 32.2. The molecule has 6 rings (SSSR count). The third-order valence-corrected chi connectivity index (χ3v) is 8.72. The Labute approximate surface area is 234 Å². The molecule has 39 heavy (non-hydrogen) atoms. The van der Waals surface area contributed by atoms with Crippen molar-refractivity contribution in [2.75, 3.05) is 50.9 Å².